The van der Waals surface area contributed by atoms with Crippen LogP contribution in [0, 0.1) is 0 Å². The Labute approximate surface area is 357 Å². The van der Waals surface area contributed by atoms with E-state index < -0.39 is 41.8 Å². The van der Waals surface area contributed by atoms with Crippen molar-refractivity contribution in [3.63, 3.8) is 0 Å². The monoisotopic (exact) mass is 954 g/mol. The molecule has 0 nitrogen and oxygen atoms in total. The number of hydrogen-bond donors (Lipinski definition) is 0. The largest absolute Gasteiger partial charge is 1.00 e. The van der Waals surface area contributed by atoms with Crippen molar-refractivity contribution in [2.45, 2.75) is 66.6 Å². The zero-order valence-electron chi connectivity index (χ0n) is 30.6. The van der Waals surface area contributed by atoms with Crippen LogP contribution in [-0.4, -0.2) is 13.3 Å². The summed E-state index contributed by atoms with van der Waals surface area (Å²) in [6, 6.07) is 34.6. The molecule has 0 aliphatic heterocycles. The van der Waals surface area contributed by atoms with Crippen LogP contribution in [0.2, 0.25) is 13.1 Å². The molecule has 4 atom stereocenters. The molecule has 270 valence electrons. The topological polar surface area (TPSA) is 0 Å². The molecule has 0 radical (unpaired) electrons. The molecule has 4 aliphatic carbocycles. The summed E-state index contributed by atoms with van der Waals surface area (Å²) in [7, 11) is 0. The zero-order valence-corrected chi connectivity index (χ0v) is 41.3. The second kappa shape index (κ2) is 22.1. The van der Waals surface area contributed by atoms with Gasteiger partial charge in [0.25, 0.3) is 0 Å². The minimum absolute atomic E-state index is 0. The van der Waals surface area contributed by atoms with Crippen molar-refractivity contribution < 1.29 is 91.5 Å². The Hall–Kier alpha value is -0.800. The van der Waals surface area contributed by atoms with Crippen molar-refractivity contribution in [1.82, 2.24) is 0 Å². The molecular formula is C44H50Cl4Si2Zr2. The Balaban J connectivity index is 0.000000267. The fourth-order valence-electron chi connectivity index (χ4n) is 8.57. The van der Waals surface area contributed by atoms with E-state index in [0.717, 1.165) is 14.5 Å². The van der Waals surface area contributed by atoms with Crippen molar-refractivity contribution in [3.05, 3.63) is 165 Å². The van der Waals surface area contributed by atoms with Gasteiger partial charge in [0.1, 0.15) is 0 Å². The van der Waals surface area contributed by atoms with Crippen LogP contribution >= 0.6 is 0 Å². The minimum atomic E-state index is -1.58. The SMILES string of the molecule is CCCCCCc1ccc2c(c1)[CH]([Zr+2]([SiH2]C)[CH]1C=Cc3ccccc31)C=C2.C[SiH2][Zr+2]([CH]1C=Cc2ccccc21)[CH]1C=Cc2ccccc21.[Cl-].[Cl-].[Cl-].[Cl-]. The molecule has 0 fully saturated rings. The Morgan fingerprint density at radius 1 is 0.462 bits per heavy atom. The van der Waals surface area contributed by atoms with Crippen molar-refractivity contribution in [2.24, 2.45) is 0 Å². The maximum Gasteiger partial charge on any atom is -1.00 e. The molecule has 0 N–H and O–H groups in total. The number of fused-ring (bicyclic) bond motifs is 4. The van der Waals surface area contributed by atoms with Gasteiger partial charge in [0.2, 0.25) is 0 Å². The molecule has 4 unspecified atom stereocenters. The third-order valence-corrected chi connectivity index (χ3v) is 48.0. The zero-order chi connectivity index (χ0) is 32.9. The van der Waals surface area contributed by atoms with E-state index in [1.165, 1.54) is 54.4 Å². The molecule has 0 heterocycles. The van der Waals surface area contributed by atoms with E-state index in [2.05, 4.69) is 160 Å². The number of unbranched alkanes of at least 4 members (excludes halogenated alkanes) is 3. The number of allylic oxidation sites excluding steroid dienone is 4. The summed E-state index contributed by atoms with van der Waals surface area (Å²) < 4.78 is 3.21. The molecule has 0 amide bonds. The quantitative estimate of drug-likeness (QED) is 0.130. The summed E-state index contributed by atoms with van der Waals surface area (Å²) in [5.41, 5.74) is 14.1. The average Bonchev–Trinajstić information content (AvgIpc) is 3.94. The van der Waals surface area contributed by atoms with Crippen molar-refractivity contribution >= 4 is 37.6 Å². The van der Waals surface area contributed by atoms with Gasteiger partial charge in [-0.1, -0.05) is 0 Å². The van der Waals surface area contributed by atoms with Crippen LogP contribution in [0.5, 0.6) is 0 Å². The van der Waals surface area contributed by atoms with Gasteiger partial charge in [0, 0.05) is 0 Å². The molecule has 0 saturated carbocycles. The molecule has 4 aliphatic rings. The van der Waals surface area contributed by atoms with Gasteiger partial charge >= 0.3 is 311 Å². The van der Waals surface area contributed by atoms with Crippen LogP contribution in [-0.2, 0) is 48.2 Å². The molecule has 0 bridgehead atoms. The first-order valence-corrected chi connectivity index (χ1v) is 38.9. The van der Waals surface area contributed by atoms with E-state index in [9.17, 15) is 0 Å². The number of halogens is 4. The Morgan fingerprint density at radius 3 is 1.25 bits per heavy atom. The second-order valence-electron chi connectivity index (χ2n) is 13.9. The van der Waals surface area contributed by atoms with E-state index >= 15 is 0 Å². The molecule has 0 saturated heterocycles. The number of benzene rings is 4. The van der Waals surface area contributed by atoms with Crippen LogP contribution in [0.25, 0.3) is 24.3 Å². The number of hydrogen-bond acceptors (Lipinski definition) is 0. The van der Waals surface area contributed by atoms with E-state index in [1.807, 2.05) is 0 Å². The molecule has 4 aromatic carbocycles. The summed E-state index contributed by atoms with van der Waals surface area (Å²) in [5, 5.41) is 0. The van der Waals surface area contributed by atoms with Crippen LogP contribution in [0.4, 0.5) is 0 Å². The van der Waals surface area contributed by atoms with Crippen LogP contribution in [0.3, 0.4) is 0 Å². The molecule has 8 heteroatoms. The van der Waals surface area contributed by atoms with Gasteiger partial charge in [-0.05, 0) is 0 Å². The normalized spacial score (nSPS) is 19.1. The van der Waals surface area contributed by atoms with Gasteiger partial charge in [-0.2, -0.15) is 0 Å². The summed E-state index contributed by atoms with van der Waals surface area (Å²) in [5.74, 6) is 0. The van der Waals surface area contributed by atoms with Crippen molar-refractivity contribution in [1.29, 1.82) is 0 Å². The van der Waals surface area contributed by atoms with Gasteiger partial charge in [-0.15, -0.1) is 0 Å². The fraction of sp³-hybridized carbons (Fsp3) is 0.273. The van der Waals surface area contributed by atoms with Gasteiger partial charge in [-0.25, -0.2) is 0 Å². The molecule has 0 spiro atoms. The smallest absolute Gasteiger partial charge is 1.00 e. The van der Waals surface area contributed by atoms with Crippen molar-refractivity contribution in [2.75, 3.05) is 0 Å². The first-order chi connectivity index (χ1) is 23.7. The third-order valence-electron chi connectivity index (χ3n) is 11.1. The van der Waals surface area contributed by atoms with Gasteiger partial charge < -0.3 is 49.6 Å². The minimum Gasteiger partial charge on any atom is -1.00 e. The van der Waals surface area contributed by atoms with E-state index in [0.29, 0.717) is 0 Å². The Bertz CT molecular complexity index is 1810. The van der Waals surface area contributed by atoms with E-state index in [4.69, 9.17) is 0 Å². The maximum absolute atomic E-state index is 2.59. The number of rotatable bonds is 11. The Kier molecular flexibility index (Phi) is 19.3. The predicted octanol–water partition coefficient (Wildman–Crippen LogP) is -1.32. The summed E-state index contributed by atoms with van der Waals surface area (Å²) in [4.78, 5) is 0. The summed E-state index contributed by atoms with van der Waals surface area (Å²) in [6.07, 6.45) is 26.5. The van der Waals surface area contributed by atoms with Crippen LogP contribution in [0.15, 0.2) is 115 Å². The Morgan fingerprint density at radius 2 is 0.846 bits per heavy atom. The average molecular weight is 959 g/mol. The standard InChI is InChI=1S/C15H19.3C9H7.2CH5Si.4ClH.2Zr/c1-2-3-4-5-7-13-10-11-14-8-6-9-15(14)12-13;3*1-2-5-9-7-3-6-8(9)4-1;2*1-2;;;;;;/h6,8-12H,2-5,7H2,1H3;3*1-7H;2*2H2,1H3;4*1H;;/q;;;;;;;;;;2*+2/p-4. The molecular weight excluding hydrogens is 909 g/mol. The molecule has 4 aromatic rings. The van der Waals surface area contributed by atoms with E-state index in [-0.39, 0.29) is 62.9 Å². The van der Waals surface area contributed by atoms with Crippen molar-refractivity contribution in [3.8, 4) is 0 Å². The van der Waals surface area contributed by atoms with Gasteiger partial charge in [-0.3, -0.25) is 0 Å². The molecule has 0 aromatic heterocycles. The third kappa shape index (κ3) is 9.95. The second-order valence-corrected chi connectivity index (χ2v) is 47.1. The first-order valence-electron chi connectivity index (χ1n) is 18.5. The predicted molar refractivity (Wildman–Crippen MR) is 210 cm³/mol. The molecule has 52 heavy (non-hydrogen) atoms. The maximum atomic E-state index is 2.59. The molecule has 8 rings (SSSR count). The van der Waals surface area contributed by atoms with Gasteiger partial charge in [0.15, 0.2) is 0 Å². The van der Waals surface area contributed by atoms with Crippen LogP contribution < -0.4 is 49.6 Å². The fourth-order valence-corrected chi connectivity index (χ4v) is 43.5. The summed E-state index contributed by atoms with van der Waals surface area (Å²) >= 11 is -3.07. The summed E-state index contributed by atoms with van der Waals surface area (Å²) in [6.45, 7) is 7.57. The van der Waals surface area contributed by atoms with E-state index in [1.54, 1.807) is 27.8 Å². The van der Waals surface area contributed by atoms with Gasteiger partial charge in [0.05, 0.1) is 0 Å². The first kappa shape index (κ1) is 45.6. The number of aryl methyl sites for hydroxylation is 1. The van der Waals surface area contributed by atoms with Crippen LogP contribution in [0.1, 0.15) is 97.2 Å².